The van der Waals surface area contributed by atoms with Crippen LogP contribution in [0, 0.1) is 5.92 Å². The third kappa shape index (κ3) is 6.51. The molecule has 0 saturated heterocycles. The molecule has 0 saturated carbocycles. The van der Waals surface area contributed by atoms with Crippen LogP contribution in [0.3, 0.4) is 0 Å². The van der Waals surface area contributed by atoms with Gasteiger partial charge in [-0.3, -0.25) is 14.6 Å². The molecule has 1 unspecified atom stereocenters. The summed E-state index contributed by atoms with van der Waals surface area (Å²) in [6.45, 7) is 7.92. The second-order valence-electron chi connectivity index (χ2n) is 5.91. The maximum Gasteiger partial charge on any atom is 0.322 e. The summed E-state index contributed by atoms with van der Waals surface area (Å²) in [4.78, 5) is 29.2. The summed E-state index contributed by atoms with van der Waals surface area (Å²) in [5.41, 5.74) is 1.48. The maximum atomic E-state index is 12.4. The van der Waals surface area contributed by atoms with Gasteiger partial charge < -0.3 is 4.74 Å². The van der Waals surface area contributed by atoms with Gasteiger partial charge in [0.25, 0.3) is 0 Å². The first-order chi connectivity index (χ1) is 11.1. The van der Waals surface area contributed by atoms with E-state index in [0.29, 0.717) is 12.1 Å². The van der Waals surface area contributed by atoms with Gasteiger partial charge >= 0.3 is 5.97 Å². The van der Waals surface area contributed by atoms with Gasteiger partial charge in [-0.25, -0.2) is 0 Å². The largest absolute Gasteiger partial charge is 0.461 e. The minimum atomic E-state index is -0.860. The van der Waals surface area contributed by atoms with Crippen LogP contribution in [0.4, 0.5) is 0 Å². The Morgan fingerprint density at radius 3 is 2.48 bits per heavy atom. The second-order valence-corrected chi connectivity index (χ2v) is 5.91. The van der Waals surface area contributed by atoms with Crippen LogP contribution in [0.1, 0.15) is 65.2 Å². The number of rotatable bonds is 11. The minimum absolute atomic E-state index is 0.123. The number of nitrogens with zero attached hydrogens (tertiary/aromatic N) is 1. The average molecular weight is 319 g/mol. The summed E-state index contributed by atoms with van der Waals surface area (Å²) >= 11 is 0. The number of carbonyl (C=O) groups is 2. The zero-order valence-electron chi connectivity index (χ0n) is 14.5. The van der Waals surface area contributed by atoms with Crippen molar-refractivity contribution in [2.24, 2.45) is 10.9 Å². The number of ketones is 1. The molecule has 0 aliphatic carbocycles. The van der Waals surface area contributed by atoms with E-state index in [2.05, 4.69) is 25.4 Å². The number of ether oxygens (including phenoxy) is 1. The zero-order valence-corrected chi connectivity index (χ0v) is 14.5. The van der Waals surface area contributed by atoms with Crippen LogP contribution < -0.4 is 0 Å². The van der Waals surface area contributed by atoms with Gasteiger partial charge in [0, 0.05) is 17.5 Å². The molecule has 0 radical (unpaired) electrons. The van der Waals surface area contributed by atoms with Gasteiger partial charge in [-0.1, -0.05) is 52.2 Å². The molecular formula is C19H29NO3. The van der Waals surface area contributed by atoms with Crippen LogP contribution in [0.15, 0.2) is 29.4 Å². The fourth-order valence-electron chi connectivity index (χ4n) is 2.61. The quantitative estimate of drug-likeness (QED) is 0.245. The SMILES string of the molecule is C=CCOC(=O)C1C(=O)C=C(CCCCC)N=C1CCCCC. The van der Waals surface area contributed by atoms with Gasteiger partial charge in [0.1, 0.15) is 6.61 Å². The van der Waals surface area contributed by atoms with Crippen molar-refractivity contribution in [3.63, 3.8) is 0 Å². The molecule has 1 atom stereocenters. The molecule has 1 heterocycles. The Hall–Kier alpha value is -1.71. The van der Waals surface area contributed by atoms with Crippen LogP contribution >= 0.6 is 0 Å². The lowest BCUT2D eigenvalue weighted by Gasteiger charge is -2.20. The van der Waals surface area contributed by atoms with Gasteiger partial charge in [0.05, 0.1) is 0 Å². The molecule has 0 amide bonds. The molecule has 0 aromatic carbocycles. The van der Waals surface area contributed by atoms with Crippen molar-refractivity contribution in [3.05, 3.63) is 24.4 Å². The molecule has 0 N–H and O–H groups in total. The lowest BCUT2D eigenvalue weighted by atomic mass is 9.90. The summed E-state index contributed by atoms with van der Waals surface area (Å²) in [6.07, 6.45) is 10.9. The molecule has 0 fully saturated rings. The summed E-state index contributed by atoms with van der Waals surface area (Å²) < 4.78 is 5.08. The Kier molecular flexibility index (Phi) is 9.18. The first kappa shape index (κ1) is 19.3. The molecule has 0 bridgehead atoms. The van der Waals surface area contributed by atoms with E-state index < -0.39 is 11.9 Å². The van der Waals surface area contributed by atoms with E-state index in [-0.39, 0.29) is 12.4 Å². The second kappa shape index (κ2) is 10.9. The summed E-state index contributed by atoms with van der Waals surface area (Å²) in [5, 5.41) is 0. The first-order valence-corrected chi connectivity index (χ1v) is 8.73. The van der Waals surface area contributed by atoms with Crippen LogP contribution in [-0.4, -0.2) is 24.1 Å². The van der Waals surface area contributed by atoms with Gasteiger partial charge in [0.15, 0.2) is 11.7 Å². The highest BCUT2D eigenvalue weighted by atomic mass is 16.5. The number of allylic oxidation sites excluding steroid dienone is 2. The molecule has 128 valence electrons. The number of carbonyl (C=O) groups excluding carboxylic acids is 2. The maximum absolute atomic E-state index is 12.4. The van der Waals surface area contributed by atoms with E-state index >= 15 is 0 Å². The van der Waals surface area contributed by atoms with Crippen molar-refractivity contribution in [1.29, 1.82) is 0 Å². The van der Waals surface area contributed by atoms with E-state index in [0.717, 1.165) is 50.6 Å². The normalized spacial score (nSPS) is 17.5. The minimum Gasteiger partial charge on any atom is -0.461 e. The lowest BCUT2D eigenvalue weighted by Crippen LogP contribution is -2.35. The van der Waals surface area contributed by atoms with E-state index in [9.17, 15) is 9.59 Å². The van der Waals surface area contributed by atoms with Gasteiger partial charge in [-0.05, 0) is 25.7 Å². The summed E-state index contributed by atoms with van der Waals surface area (Å²) in [7, 11) is 0. The van der Waals surface area contributed by atoms with Crippen molar-refractivity contribution >= 4 is 17.5 Å². The fraction of sp³-hybridized carbons (Fsp3) is 0.632. The van der Waals surface area contributed by atoms with E-state index in [4.69, 9.17) is 4.74 Å². The molecule has 4 heteroatoms. The summed E-state index contributed by atoms with van der Waals surface area (Å²) in [6, 6.07) is 0. The van der Waals surface area contributed by atoms with E-state index in [1.54, 1.807) is 0 Å². The van der Waals surface area contributed by atoms with Crippen LogP contribution in [0.25, 0.3) is 0 Å². The molecular weight excluding hydrogens is 290 g/mol. The van der Waals surface area contributed by atoms with Crippen molar-refractivity contribution in [3.8, 4) is 0 Å². The van der Waals surface area contributed by atoms with Crippen molar-refractivity contribution in [1.82, 2.24) is 0 Å². The first-order valence-electron chi connectivity index (χ1n) is 8.73. The molecule has 0 aromatic heterocycles. The molecule has 0 spiro atoms. The van der Waals surface area contributed by atoms with Crippen molar-refractivity contribution < 1.29 is 14.3 Å². The standard InChI is InChI=1S/C19H29NO3/c1-4-7-9-11-15-14-17(21)18(19(22)23-13-6-3)16(20-15)12-10-8-5-2/h6,14,18H,3-5,7-13H2,1-2H3. The highest BCUT2D eigenvalue weighted by Gasteiger charge is 2.34. The smallest absolute Gasteiger partial charge is 0.322 e. The Bertz CT molecular complexity index is 477. The Morgan fingerprint density at radius 2 is 1.87 bits per heavy atom. The monoisotopic (exact) mass is 319 g/mol. The van der Waals surface area contributed by atoms with Crippen LogP contribution in [-0.2, 0) is 14.3 Å². The van der Waals surface area contributed by atoms with Crippen LogP contribution in [0.5, 0.6) is 0 Å². The third-order valence-electron chi connectivity index (χ3n) is 3.87. The molecule has 0 aromatic rings. The predicted octanol–water partition coefficient (Wildman–Crippen LogP) is 4.40. The Morgan fingerprint density at radius 1 is 1.22 bits per heavy atom. The predicted molar refractivity (Wildman–Crippen MR) is 93.5 cm³/mol. The van der Waals surface area contributed by atoms with E-state index in [1.165, 1.54) is 12.2 Å². The Balaban J connectivity index is 2.83. The molecule has 1 rings (SSSR count). The third-order valence-corrected chi connectivity index (χ3v) is 3.87. The number of aliphatic imine (C=N–C) groups is 1. The van der Waals surface area contributed by atoms with Crippen molar-refractivity contribution in [2.45, 2.75) is 65.2 Å². The average Bonchev–Trinajstić information content (AvgIpc) is 2.53. The van der Waals surface area contributed by atoms with E-state index in [1.807, 2.05) is 0 Å². The fourth-order valence-corrected chi connectivity index (χ4v) is 2.61. The molecule has 1 aliphatic heterocycles. The van der Waals surface area contributed by atoms with Gasteiger partial charge in [0.2, 0.25) is 0 Å². The Labute approximate surface area is 139 Å². The topological polar surface area (TPSA) is 55.7 Å². The van der Waals surface area contributed by atoms with Gasteiger partial charge in [-0.2, -0.15) is 0 Å². The number of esters is 1. The molecule has 1 aliphatic rings. The number of hydrogen-bond acceptors (Lipinski definition) is 4. The highest BCUT2D eigenvalue weighted by Crippen LogP contribution is 2.23. The number of unbranched alkanes of at least 4 members (excludes halogenated alkanes) is 4. The zero-order chi connectivity index (χ0) is 17.1. The molecule has 4 nitrogen and oxygen atoms in total. The van der Waals surface area contributed by atoms with Crippen molar-refractivity contribution in [2.75, 3.05) is 6.61 Å². The van der Waals surface area contributed by atoms with Crippen LogP contribution in [0.2, 0.25) is 0 Å². The molecule has 23 heavy (non-hydrogen) atoms. The highest BCUT2D eigenvalue weighted by molar-refractivity contribution is 6.23. The summed E-state index contributed by atoms with van der Waals surface area (Å²) in [5.74, 6) is -1.55. The van der Waals surface area contributed by atoms with Gasteiger partial charge in [-0.15, -0.1) is 0 Å². The number of hydrogen-bond donors (Lipinski definition) is 0. The lowest BCUT2D eigenvalue weighted by molar-refractivity contribution is -0.147.